The molecular weight excluding hydrogens is 526 g/mol. The number of aryl methyl sites for hydroxylation is 1. The lowest BCUT2D eigenvalue weighted by molar-refractivity contribution is -0.144. The third-order valence-corrected chi connectivity index (χ3v) is 8.71. The van der Waals surface area contributed by atoms with Gasteiger partial charge in [0.05, 0.1) is 12.1 Å². The van der Waals surface area contributed by atoms with Crippen molar-refractivity contribution in [3.63, 3.8) is 0 Å². The van der Waals surface area contributed by atoms with Crippen LogP contribution in [0, 0.1) is 6.92 Å². The van der Waals surface area contributed by atoms with E-state index >= 15 is 0 Å². The van der Waals surface area contributed by atoms with Gasteiger partial charge in [0.15, 0.2) is 0 Å². The van der Waals surface area contributed by atoms with Gasteiger partial charge in [-0.05, 0) is 80.1 Å². The number of thiophene rings is 1. The van der Waals surface area contributed by atoms with Crippen molar-refractivity contribution in [2.45, 2.75) is 63.9 Å². The standard InChI is InChI=1S/C31H37N3O5S/c1-19-6-8-25(39-26-15-32-16-26)14-28(19)31(37)34-20(2)21-4-3-5-22(12-21)29-11-10-27(40-29)17-33-23-7-9-24(13-23)38-18-30(35)36/h3-6,8,10-12,14,20,23-24,26,32-33H,7,9,13,15-18H2,1-2H3,(H,34,37)(H,35,36)/t20-,23+,24-/m1/s1. The average molecular weight is 564 g/mol. The number of ether oxygens (including phenoxy) is 2. The first-order valence-electron chi connectivity index (χ1n) is 13.9. The molecule has 0 spiro atoms. The van der Waals surface area contributed by atoms with Crippen LogP contribution >= 0.6 is 11.3 Å². The second-order valence-corrected chi connectivity index (χ2v) is 11.8. The Hall–Kier alpha value is -3.24. The van der Waals surface area contributed by atoms with E-state index in [0.717, 1.165) is 61.3 Å². The molecule has 3 aromatic rings. The number of benzene rings is 2. The van der Waals surface area contributed by atoms with Crippen molar-refractivity contribution in [3.8, 4) is 16.2 Å². The van der Waals surface area contributed by atoms with Gasteiger partial charge in [0.1, 0.15) is 18.5 Å². The van der Waals surface area contributed by atoms with Gasteiger partial charge in [-0.25, -0.2) is 4.79 Å². The minimum atomic E-state index is -0.920. The Kier molecular flexibility index (Phi) is 9.16. The number of rotatable bonds is 12. The van der Waals surface area contributed by atoms with Gasteiger partial charge >= 0.3 is 5.97 Å². The first-order valence-corrected chi connectivity index (χ1v) is 14.7. The van der Waals surface area contributed by atoms with Gasteiger partial charge in [-0.2, -0.15) is 0 Å². The van der Waals surface area contributed by atoms with Crippen molar-refractivity contribution in [1.82, 2.24) is 16.0 Å². The molecule has 4 N–H and O–H groups in total. The predicted octanol–water partition coefficient (Wildman–Crippen LogP) is 4.68. The van der Waals surface area contributed by atoms with Gasteiger partial charge in [0.2, 0.25) is 0 Å². The Balaban J connectivity index is 1.16. The first kappa shape index (κ1) is 28.3. The topological polar surface area (TPSA) is 109 Å². The maximum atomic E-state index is 13.2. The fourth-order valence-electron chi connectivity index (χ4n) is 5.12. The van der Waals surface area contributed by atoms with E-state index in [0.29, 0.717) is 11.6 Å². The summed E-state index contributed by atoms with van der Waals surface area (Å²) in [6.07, 6.45) is 2.89. The van der Waals surface area contributed by atoms with Crippen LogP contribution in [0.1, 0.15) is 58.6 Å². The molecule has 1 saturated carbocycles. The molecule has 40 heavy (non-hydrogen) atoms. The lowest BCUT2D eigenvalue weighted by atomic mass is 10.0. The molecule has 1 saturated heterocycles. The third-order valence-electron chi connectivity index (χ3n) is 7.57. The van der Waals surface area contributed by atoms with Gasteiger partial charge < -0.3 is 30.5 Å². The highest BCUT2D eigenvalue weighted by molar-refractivity contribution is 7.15. The first-order chi connectivity index (χ1) is 19.3. The minimum Gasteiger partial charge on any atom is -0.488 e. The number of hydrogen-bond acceptors (Lipinski definition) is 7. The van der Waals surface area contributed by atoms with Crippen molar-refractivity contribution in [2.24, 2.45) is 0 Å². The maximum absolute atomic E-state index is 13.2. The van der Waals surface area contributed by atoms with E-state index in [-0.39, 0.29) is 30.8 Å². The molecule has 1 aliphatic heterocycles. The van der Waals surface area contributed by atoms with Gasteiger partial charge in [-0.1, -0.05) is 24.3 Å². The number of amides is 1. The molecule has 1 amide bonds. The highest BCUT2D eigenvalue weighted by atomic mass is 32.1. The van der Waals surface area contributed by atoms with Crippen molar-refractivity contribution in [3.05, 3.63) is 76.2 Å². The van der Waals surface area contributed by atoms with Crippen LogP contribution in [0.2, 0.25) is 0 Å². The summed E-state index contributed by atoms with van der Waals surface area (Å²) in [6.45, 7) is 6.15. The van der Waals surface area contributed by atoms with Crippen molar-refractivity contribution >= 4 is 23.2 Å². The smallest absolute Gasteiger partial charge is 0.329 e. The highest BCUT2D eigenvalue weighted by Gasteiger charge is 2.25. The molecule has 8 nitrogen and oxygen atoms in total. The molecule has 0 bridgehead atoms. The minimum absolute atomic E-state index is 0.0174. The molecule has 3 atom stereocenters. The molecule has 1 aliphatic carbocycles. The van der Waals surface area contributed by atoms with Crippen LogP contribution in [0.4, 0.5) is 0 Å². The third kappa shape index (κ3) is 7.28. The van der Waals surface area contributed by atoms with Crippen molar-refractivity contribution in [1.29, 1.82) is 0 Å². The zero-order chi connectivity index (χ0) is 28.1. The molecule has 0 radical (unpaired) electrons. The summed E-state index contributed by atoms with van der Waals surface area (Å²) >= 11 is 1.75. The van der Waals surface area contributed by atoms with Crippen molar-refractivity contribution < 1.29 is 24.2 Å². The number of carboxylic acid groups (broad SMARTS) is 1. The SMILES string of the molecule is Cc1ccc(OC2CNC2)cc1C(=O)N[C@H](C)c1cccc(-c2ccc(CN[C@H]3CC[C@@H](OCC(=O)O)C3)s2)c1. The van der Waals surface area contributed by atoms with E-state index in [1.807, 2.05) is 44.2 Å². The second kappa shape index (κ2) is 13.0. The summed E-state index contributed by atoms with van der Waals surface area (Å²) < 4.78 is 11.4. The van der Waals surface area contributed by atoms with E-state index in [9.17, 15) is 9.59 Å². The number of nitrogens with one attached hydrogen (secondary N) is 3. The van der Waals surface area contributed by atoms with Gasteiger partial charge in [-0.3, -0.25) is 4.79 Å². The van der Waals surface area contributed by atoms with Crippen LogP contribution in [-0.2, 0) is 16.1 Å². The number of aliphatic carboxylic acids is 1. The normalized spacial score (nSPS) is 19.6. The van der Waals surface area contributed by atoms with E-state index in [1.165, 1.54) is 9.75 Å². The van der Waals surface area contributed by atoms with Crippen LogP contribution < -0.4 is 20.7 Å². The van der Waals surface area contributed by atoms with Gasteiger partial charge in [0.25, 0.3) is 5.91 Å². The Morgan fingerprint density at radius 3 is 2.73 bits per heavy atom. The van der Waals surface area contributed by atoms with Crippen LogP contribution in [0.15, 0.2) is 54.6 Å². The van der Waals surface area contributed by atoms with Crippen molar-refractivity contribution in [2.75, 3.05) is 19.7 Å². The zero-order valence-corrected chi connectivity index (χ0v) is 23.8. The molecule has 2 heterocycles. The summed E-state index contributed by atoms with van der Waals surface area (Å²) in [6, 6.07) is 18.5. The van der Waals surface area contributed by atoms with E-state index in [4.69, 9.17) is 14.6 Å². The molecule has 0 unspecified atom stereocenters. The molecule has 212 valence electrons. The predicted molar refractivity (Wildman–Crippen MR) is 156 cm³/mol. The molecule has 2 fully saturated rings. The van der Waals surface area contributed by atoms with Crippen LogP contribution in [0.5, 0.6) is 5.75 Å². The summed E-state index contributed by atoms with van der Waals surface area (Å²) in [5.74, 6) is -0.310. The molecule has 2 aliphatic rings. The summed E-state index contributed by atoms with van der Waals surface area (Å²) in [5, 5.41) is 18.8. The van der Waals surface area contributed by atoms with Crippen LogP contribution in [0.3, 0.4) is 0 Å². The van der Waals surface area contributed by atoms with Crippen LogP contribution in [0.25, 0.3) is 10.4 Å². The summed E-state index contributed by atoms with van der Waals surface area (Å²) in [5.41, 5.74) is 3.71. The van der Waals surface area contributed by atoms with E-state index in [1.54, 1.807) is 11.3 Å². The summed E-state index contributed by atoms with van der Waals surface area (Å²) in [4.78, 5) is 26.3. The Morgan fingerprint density at radius 1 is 1.10 bits per heavy atom. The van der Waals surface area contributed by atoms with E-state index in [2.05, 4.69) is 40.2 Å². The monoisotopic (exact) mass is 563 g/mol. The molecular formula is C31H37N3O5S. The quantitative estimate of drug-likeness (QED) is 0.253. The fourth-order valence-corrected chi connectivity index (χ4v) is 6.07. The second-order valence-electron chi connectivity index (χ2n) is 10.7. The number of carboxylic acids is 1. The maximum Gasteiger partial charge on any atom is 0.329 e. The number of hydrogen-bond donors (Lipinski definition) is 4. The lowest BCUT2D eigenvalue weighted by Crippen LogP contribution is -2.50. The van der Waals surface area contributed by atoms with Gasteiger partial charge in [0, 0.05) is 41.0 Å². The Labute approximate surface area is 239 Å². The molecule has 5 rings (SSSR count). The van der Waals surface area contributed by atoms with E-state index < -0.39 is 5.97 Å². The Morgan fingerprint density at radius 2 is 1.95 bits per heavy atom. The van der Waals surface area contributed by atoms with Gasteiger partial charge in [-0.15, -0.1) is 11.3 Å². The fraction of sp³-hybridized carbons (Fsp3) is 0.419. The lowest BCUT2D eigenvalue weighted by Gasteiger charge is -2.28. The zero-order valence-electron chi connectivity index (χ0n) is 22.9. The number of carbonyl (C=O) groups is 2. The average Bonchev–Trinajstić information content (AvgIpc) is 3.59. The molecule has 1 aromatic heterocycles. The Bertz CT molecular complexity index is 1340. The molecule has 9 heteroatoms. The highest BCUT2D eigenvalue weighted by Crippen LogP contribution is 2.31. The number of carbonyl (C=O) groups excluding carboxylic acids is 1. The summed E-state index contributed by atoms with van der Waals surface area (Å²) in [7, 11) is 0. The molecule has 2 aromatic carbocycles. The largest absolute Gasteiger partial charge is 0.488 e. The van der Waals surface area contributed by atoms with Crippen LogP contribution in [-0.4, -0.2) is 54.9 Å².